The van der Waals surface area contributed by atoms with Crippen LogP contribution in [-0.4, -0.2) is 59.5 Å². The van der Waals surface area contributed by atoms with E-state index in [0.29, 0.717) is 13.1 Å². The smallest absolute Gasteiger partial charge is 0.258 e. The Morgan fingerprint density at radius 3 is 2.35 bits per heavy atom. The quantitative estimate of drug-likeness (QED) is 0.877. The Hall–Kier alpha value is -1.66. The van der Waals surface area contributed by atoms with Crippen LogP contribution in [0.3, 0.4) is 0 Å². The molecule has 5 nitrogen and oxygen atoms in total. The highest BCUT2D eigenvalue weighted by Gasteiger charge is 2.27. The van der Waals surface area contributed by atoms with E-state index >= 15 is 0 Å². The van der Waals surface area contributed by atoms with Crippen molar-refractivity contribution in [3.05, 3.63) is 34.6 Å². The molecule has 0 unspecified atom stereocenters. The maximum atomic E-state index is 13.7. The minimum absolute atomic E-state index is 0.0730. The minimum Gasteiger partial charge on any atom is -0.387 e. The molecule has 0 bridgehead atoms. The topological polar surface area (TPSA) is 60.9 Å². The molecular weight excluding hydrogens is 287 g/mol. The number of hydrogen-bond acceptors (Lipinski definition) is 3. The third-order valence-electron chi connectivity index (χ3n) is 3.23. The average molecular weight is 301 g/mol. The number of hydrogen-bond donors (Lipinski definition) is 1. The molecule has 1 aliphatic heterocycles. The molecule has 0 aromatic heterocycles. The lowest BCUT2D eigenvalue weighted by Crippen LogP contribution is -2.51. The van der Waals surface area contributed by atoms with Crippen LogP contribution in [0.2, 0.25) is 5.02 Å². The maximum absolute atomic E-state index is 13.7. The summed E-state index contributed by atoms with van der Waals surface area (Å²) >= 11 is 5.86. The van der Waals surface area contributed by atoms with Gasteiger partial charge in [0.2, 0.25) is 5.91 Å². The summed E-state index contributed by atoms with van der Waals surface area (Å²) in [5, 5.41) is 8.85. The zero-order chi connectivity index (χ0) is 14.7. The van der Waals surface area contributed by atoms with Crippen molar-refractivity contribution in [2.45, 2.75) is 0 Å². The van der Waals surface area contributed by atoms with Gasteiger partial charge in [-0.15, -0.1) is 0 Å². The molecule has 0 radical (unpaired) electrons. The molecule has 1 aromatic rings. The van der Waals surface area contributed by atoms with Crippen molar-refractivity contribution in [2.75, 3.05) is 32.8 Å². The molecule has 1 saturated heterocycles. The van der Waals surface area contributed by atoms with Crippen LogP contribution in [0.1, 0.15) is 10.4 Å². The van der Waals surface area contributed by atoms with Gasteiger partial charge < -0.3 is 14.9 Å². The largest absolute Gasteiger partial charge is 0.387 e. The molecule has 1 aromatic carbocycles. The zero-order valence-corrected chi connectivity index (χ0v) is 11.4. The molecule has 0 spiro atoms. The van der Waals surface area contributed by atoms with E-state index in [9.17, 15) is 14.0 Å². The number of carbonyl (C=O) groups excluding carboxylic acids is 2. The Balaban J connectivity index is 2.07. The Bertz CT molecular complexity index is 510. The number of benzene rings is 1. The van der Waals surface area contributed by atoms with Crippen molar-refractivity contribution in [2.24, 2.45) is 0 Å². The van der Waals surface area contributed by atoms with E-state index in [1.807, 2.05) is 0 Å². The van der Waals surface area contributed by atoms with Gasteiger partial charge in [0.05, 0.1) is 10.6 Å². The van der Waals surface area contributed by atoms with Crippen LogP contribution in [0.15, 0.2) is 18.2 Å². The molecule has 2 rings (SSSR count). The van der Waals surface area contributed by atoms with E-state index < -0.39 is 18.3 Å². The SMILES string of the molecule is O=C(CO)N1CCN(C(=O)c2c(F)cccc2Cl)CC1. The number of rotatable bonds is 2. The fourth-order valence-corrected chi connectivity index (χ4v) is 2.36. The molecular formula is C13H14ClFN2O3. The second kappa shape index (κ2) is 6.19. The van der Waals surface area contributed by atoms with Gasteiger partial charge in [-0.05, 0) is 12.1 Å². The highest BCUT2D eigenvalue weighted by molar-refractivity contribution is 6.33. The fraction of sp³-hybridized carbons (Fsp3) is 0.385. The lowest BCUT2D eigenvalue weighted by Gasteiger charge is -2.34. The zero-order valence-electron chi connectivity index (χ0n) is 10.7. The van der Waals surface area contributed by atoms with Crippen LogP contribution >= 0.6 is 11.6 Å². The van der Waals surface area contributed by atoms with Crippen LogP contribution in [-0.2, 0) is 4.79 Å². The van der Waals surface area contributed by atoms with Gasteiger partial charge in [0, 0.05) is 26.2 Å². The summed E-state index contributed by atoms with van der Waals surface area (Å²) in [5.41, 5.74) is -0.142. The van der Waals surface area contributed by atoms with E-state index in [1.54, 1.807) is 0 Å². The molecule has 0 saturated carbocycles. The van der Waals surface area contributed by atoms with E-state index in [-0.39, 0.29) is 29.6 Å². The molecule has 0 aliphatic carbocycles. The Morgan fingerprint density at radius 1 is 1.20 bits per heavy atom. The summed E-state index contributed by atoms with van der Waals surface area (Å²) in [6.07, 6.45) is 0. The van der Waals surface area contributed by atoms with Crippen LogP contribution in [0.4, 0.5) is 4.39 Å². The van der Waals surface area contributed by atoms with Gasteiger partial charge in [0.25, 0.3) is 5.91 Å². The third-order valence-corrected chi connectivity index (χ3v) is 3.55. The van der Waals surface area contributed by atoms with Gasteiger partial charge in [-0.3, -0.25) is 9.59 Å². The summed E-state index contributed by atoms with van der Waals surface area (Å²) in [7, 11) is 0. The number of halogens is 2. The lowest BCUT2D eigenvalue weighted by molar-refractivity contribution is -0.135. The summed E-state index contributed by atoms with van der Waals surface area (Å²) < 4.78 is 13.7. The monoisotopic (exact) mass is 300 g/mol. The van der Waals surface area contributed by atoms with Gasteiger partial charge in [0.15, 0.2) is 0 Å². The van der Waals surface area contributed by atoms with Crippen molar-refractivity contribution in [3.63, 3.8) is 0 Å². The number of nitrogens with zero attached hydrogens (tertiary/aromatic N) is 2. The van der Waals surface area contributed by atoms with Crippen molar-refractivity contribution < 1.29 is 19.1 Å². The first kappa shape index (κ1) is 14.7. The molecule has 7 heteroatoms. The Labute approximate surface area is 120 Å². The van der Waals surface area contributed by atoms with Gasteiger partial charge >= 0.3 is 0 Å². The van der Waals surface area contributed by atoms with Gasteiger partial charge in [0.1, 0.15) is 12.4 Å². The first-order valence-corrected chi connectivity index (χ1v) is 6.54. The highest BCUT2D eigenvalue weighted by Crippen LogP contribution is 2.21. The summed E-state index contributed by atoms with van der Waals surface area (Å²) in [6, 6.07) is 4.08. The molecule has 0 atom stereocenters. The first-order chi connectivity index (χ1) is 9.54. The predicted molar refractivity (Wildman–Crippen MR) is 71.0 cm³/mol. The maximum Gasteiger partial charge on any atom is 0.258 e. The average Bonchev–Trinajstić information content (AvgIpc) is 2.46. The lowest BCUT2D eigenvalue weighted by atomic mass is 10.1. The second-order valence-electron chi connectivity index (χ2n) is 4.43. The third kappa shape index (κ3) is 2.91. The minimum atomic E-state index is -0.656. The fourth-order valence-electron chi connectivity index (χ4n) is 2.12. The van der Waals surface area contributed by atoms with Gasteiger partial charge in [-0.1, -0.05) is 17.7 Å². The standard InChI is InChI=1S/C13H14ClFN2O3/c14-9-2-1-3-10(15)12(9)13(20)17-6-4-16(5-7-17)11(19)8-18/h1-3,18H,4-8H2. The normalized spacial score (nSPS) is 15.3. The van der Waals surface area contributed by atoms with Crippen LogP contribution in [0.5, 0.6) is 0 Å². The van der Waals surface area contributed by atoms with E-state index in [1.165, 1.54) is 28.0 Å². The van der Waals surface area contributed by atoms with Crippen LogP contribution in [0, 0.1) is 5.82 Å². The van der Waals surface area contributed by atoms with Crippen LogP contribution < -0.4 is 0 Å². The van der Waals surface area contributed by atoms with Gasteiger partial charge in [-0.25, -0.2) is 4.39 Å². The summed E-state index contributed by atoms with van der Waals surface area (Å²) in [5.74, 6) is -1.51. The molecule has 108 valence electrons. The predicted octanol–water partition coefficient (Wildman–Crippen LogP) is 0.756. The molecule has 1 fully saturated rings. The van der Waals surface area contributed by atoms with E-state index in [0.717, 1.165) is 0 Å². The molecule has 1 N–H and O–H groups in total. The van der Waals surface area contributed by atoms with E-state index in [4.69, 9.17) is 16.7 Å². The number of aliphatic hydroxyl groups is 1. The molecule has 2 amide bonds. The molecule has 1 aliphatic rings. The second-order valence-corrected chi connectivity index (χ2v) is 4.83. The summed E-state index contributed by atoms with van der Waals surface area (Å²) in [4.78, 5) is 26.5. The number of piperazine rings is 1. The first-order valence-electron chi connectivity index (χ1n) is 6.16. The van der Waals surface area contributed by atoms with Crippen molar-refractivity contribution in [1.82, 2.24) is 9.80 Å². The van der Waals surface area contributed by atoms with E-state index in [2.05, 4.69) is 0 Å². The number of aliphatic hydroxyl groups excluding tert-OH is 1. The Kier molecular flexibility index (Phi) is 4.57. The number of carbonyl (C=O) groups is 2. The highest BCUT2D eigenvalue weighted by atomic mass is 35.5. The molecule has 1 heterocycles. The van der Waals surface area contributed by atoms with Gasteiger partial charge in [-0.2, -0.15) is 0 Å². The van der Waals surface area contributed by atoms with Crippen molar-refractivity contribution >= 4 is 23.4 Å². The molecule has 20 heavy (non-hydrogen) atoms. The summed E-state index contributed by atoms with van der Waals surface area (Å²) in [6.45, 7) is 0.659. The van der Waals surface area contributed by atoms with Crippen molar-refractivity contribution in [3.8, 4) is 0 Å². The van der Waals surface area contributed by atoms with Crippen LogP contribution in [0.25, 0.3) is 0 Å². The Morgan fingerprint density at radius 2 is 1.80 bits per heavy atom. The van der Waals surface area contributed by atoms with Crippen molar-refractivity contribution in [1.29, 1.82) is 0 Å². The number of amides is 2.